The topological polar surface area (TPSA) is 55.5 Å². The van der Waals surface area contributed by atoms with Crippen LogP contribution in [0.15, 0.2) is 111 Å². The van der Waals surface area contributed by atoms with Gasteiger partial charge in [0.2, 0.25) is 11.7 Å². The number of hydrogen-bond acceptors (Lipinski definition) is 4. The average molecular weight is 749 g/mol. The Balaban J connectivity index is 1.22. The van der Waals surface area contributed by atoms with Gasteiger partial charge >= 0.3 is 6.40 Å². The van der Waals surface area contributed by atoms with Gasteiger partial charge in [0.05, 0.1) is 33.4 Å². The van der Waals surface area contributed by atoms with Crippen LogP contribution in [0.2, 0.25) is 0 Å². The second-order valence-corrected chi connectivity index (χ2v) is 19.5. The molecular weight excluding hydrogens is 707 g/mol. The molecule has 0 atom stereocenters. The van der Waals surface area contributed by atoms with E-state index in [2.05, 4.69) is 162 Å². The van der Waals surface area contributed by atoms with E-state index in [9.17, 15) is 0 Å². The molecule has 0 saturated heterocycles. The summed E-state index contributed by atoms with van der Waals surface area (Å²) in [5.74, 6) is 4.33. The summed E-state index contributed by atoms with van der Waals surface area (Å²) in [7, 11) is 0. The molecule has 0 fully saturated rings. The van der Waals surface area contributed by atoms with Crippen LogP contribution in [0.3, 0.4) is 0 Å². The third-order valence-electron chi connectivity index (χ3n) is 12.2. The highest BCUT2D eigenvalue weighted by Gasteiger charge is 2.55. The monoisotopic (exact) mass is 748 g/mol. The Morgan fingerprint density at radius 2 is 0.750 bits per heavy atom. The van der Waals surface area contributed by atoms with Crippen LogP contribution in [0.5, 0.6) is 0 Å². The van der Waals surface area contributed by atoms with Gasteiger partial charge in [-0.05, 0) is 102 Å². The fourth-order valence-electron chi connectivity index (χ4n) is 8.79. The fourth-order valence-corrected chi connectivity index (χ4v) is 9.16. The van der Waals surface area contributed by atoms with Crippen molar-refractivity contribution in [2.24, 2.45) is 20.0 Å². The maximum Gasteiger partial charge on any atom is 0.663 e. The molecular formula is C48H42BClN6+2. The predicted octanol–water partition coefficient (Wildman–Crippen LogP) is 10.2. The zero-order valence-electron chi connectivity index (χ0n) is 33.3. The van der Waals surface area contributed by atoms with Gasteiger partial charge in [-0.25, -0.2) is 8.97 Å². The van der Waals surface area contributed by atoms with Crippen molar-refractivity contribution in [3.05, 3.63) is 141 Å². The van der Waals surface area contributed by atoms with Crippen molar-refractivity contribution in [2.45, 2.75) is 78.6 Å². The maximum atomic E-state index is 7.77. The Morgan fingerprint density at radius 3 is 1.20 bits per heavy atom. The van der Waals surface area contributed by atoms with Crippen molar-refractivity contribution < 1.29 is 8.97 Å². The smallest absolute Gasteiger partial charge is 0.232 e. The van der Waals surface area contributed by atoms with Gasteiger partial charge in [0, 0.05) is 0 Å². The highest BCUT2D eigenvalue weighted by atomic mass is 35.5. The summed E-state index contributed by atoms with van der Waals surface area (Å²) in [5, 5.41) is 6.92. The number of hydrogen-bond donors (Lipinski definition) is 0. The zero-order chi connectivity index (χ0) is 38.8. The molecule has 0 aromatic heterocycles. The normalized spacial score (nSPS) is 17.0. The maximum absolute atomic E-state index is 7.77. The molecule has 6 aromatic rings. The van der Waals surface area contributed by atoms with E-state index in [1.807, 2.05) is 0 Å². The molecule has 4 bridgehead atoms. The summed E-state index contributed by atoms with van der Waals surface area (Å²) in [5.41, 5.74) is 9.84. The van der Waals surface area contributed by atoms with E-state index in [1.165, 1.54) is 16.7 Å². The Morgan fingerprint density at radius 1 is 0.393 bits per heavy atom. The van der Waals surface area contributed by atoms with Crippen LogP contribution < -0.4 is 0 Å². The van der Waals surface area contributed by atoms with Gasteiger partial charge < -0.3 is 0 Å². The van der Waals surface area contributed by atoms with Gasteiger partial charge in [0.15, 0.2) is 0 Å². The van der Waals surface area contributed by atoms with Gasteiger partial charge in [0.1, 0.15) is 0 Å². The first-order valence-electron chi connectivity index (χ1n) is 19.6. The number of benzene rings is 6. The second-order valence-electron chi connectivity index (χ2n) is 19.1. The molecule has 11 rings (SSSR count). The number of amidine groups is 6. The summed E-state index contributed by atoms with van der Waals surface area (Å²) >= 11 is 7.77. The quantitative estimate of drug-likeness (QED) is 0.139. The van der Waals surface area contributed by atoms with E-state index in [0.717, 1.165) is 89.0 Å². The molecule has 272 valence electrons. The minimum absolute atomic E-state index is 0.0111. The van der Waals surface area contributed by atoms with Crippen molar-refractivity contribution in [2.75, 3.05) is 0 Å². The van der Waals surface area contributed by atoms with E-state index in [1.54, 1.807) is 0 Å². The lowest BCUT2D eigenvalue weighted by Crippen LogP contribution is -2.48. The molecule has 6 nitrogen and oxygen atoms in total. The van der Waals surface area contributed by atoms with Gasteiger partial charge in [0.25, 0.3) is 23.3 Å². The molecule has 8 heteroatoms. The molecule has 0 amide bonds. The lowest BCUT2D eigenvalue weighted by Gasteiger charge is -2.19. The lowest BCUT2D eigenvalue weighted by molar-refractivity contribution is -0.385. The largest absolute Gasteiger partial charge is 0.663 e. The van der Waals surface area contributed by atoms with Crippen LogP contribution in [0.25, 0.3) is 32.3 Å². The first-order valence-corrected chi connectivity index (χ1v) is 20.0. The second kappa shape index (κ2) is 10.9. The van der Waals surface area contributed by atoms with Crippen LogP contribution in [0, 0.1) is 0 Å². The Bertz CT molecular complexity index is 3080. The van der Waals surface area contributed by atoms with E-state index in [-0.39, 0.29) is 16.2 Å². The van der Waals surface area contributed by atoms with Gasteiger partial charge in [-0.1, -0.05) is 143 Å². The molecule has 0 saturated carbocycles. The SMILES string of the molecule is CC(C)(C)c1ccc2cc3c(cc2c1)C1=NC2=[N+]4B(Cl)[N+]5=C(N=C4c4cc6cc(C(C)(C)C)ccc6cc42)c2cc4ccc(C(C)(C)C)cc4cc2C5=NC3=N1. The number of fused-ring (bicyclic) bond motifs is 13. The van der Waals surface area contributed by atoms with Crippen LogP contribution in [0.4, 0.5) is 0 Å². The molecule has 0 unspecified atom stereocenters. The number of halogens is 1. The fraction of sp³-hybridized carbons (Fsp3) is 0.250. The third kappa shape index (κ3) is 4.76. The van der Waals surface area contributed by atoms with E-state index in [4.69, 9.17) is 31.4 Å². The Kier molecular flexibility index (Phi) is 6.55. The molecule has 6 aromatic carbocycles. The standard InChI is InChI=1S/C48H42BClN6/c1-46(2,3)31-13-10-25-19-34-35(22-28(25)16-31)41-51-40(34)52-43-38-23-29-17-32(47(4,5)6)15-12-27(29)21-37(38)44-54-45-39-24-30-18-33(48(7,8)9)14-11-26(30)20-36(39)42(53-41)55(45)49(50)56(43)44/h10-24H,1-9H3/q+2. The van der Waals surface area contributed by atoms with Crippen LogP contribution >= 0.6 is 11.5 Å². The highest BCUT2D eigenvalue weighted by molar-refractivity contribution is 6.99. The minimum atomic E-state index is -0.675. The van der Waals surface area contributed by atoms with Crippen LogP contribution in [0.1, 0.15) is 112 Å². The summed E-state index contributed by atoms with van der Waals surface area (Å²) in [6, 6.07) is 33.9. The van der Waals surface area contributed by atoms with Gasteiger partial charge in [-0.15, -0.1) is 0 Å². The summed E-state index contributed by atoms with van der Waals surface area (Å²) < 4.78 is 4.17. The molecule has 5 aliphatic heterocycles. The van der Waals surface area contributed by atoms with Gasteiger partial charge in [-0.3, -0.25) is 0 Å². The van der Waals surface area contributed by atoms with Crippen molar-refractivity contribution >= 4 is 85.2 Å². The summed E-state index contributed by atoms with van der Waals surface area (Å²) in [6.45, 7) is 20.3. The average Bonchev–Trinajstić information content (AvgIpc) is 3.74. The highest BCUT2D eigenvalue weighted by Crippen LogP contribution is 2.39. The van der Waals surface area contributed by atoms with Crippen molar-refractivity contribution in [1.29, 1.82) is 0 Å². The molecule has 5 aliphatic rings. The van der Waals surface area contributed by atoms with Crippen molar-refractivity contribution in [1.82, 2.24) is 0 Å². The van der Waals surface area contributed by atoms with E-state index < -0.39 is 6.40 Å². The number of nitrogens with zero attached hydrogens (tertiary/aromatic N) is 6. The van der Waals surface area contributed by atoms with Crippen LogP contribution in [-0.4, -0.2) is 50.4 Å². The summed E-state index contributed by atoms with van der Waals surface area (Å²) in [6.07, 6.45) is -0.675. The number of rotatable bonds is 0. The van der Waals surface area contributed by atoms with E-state index in [0.29, 0.717) is 11.7 Å². The van der Waals surface area contributed by atoms with Gasteiger partial charge in [-0.2, -0.15) is 4.99 Å². The molecule has 56 heavy (non-hydrogen) atoms. The molecule has 0 radical (unpaired) electrons. The lowest BCUT2D eigenvalue weighted by atomic mass is 9.85. The van der Waals surface area contributed by atoms with E-state index >= 15 is 0 Å². The molecule has 0 N–H and O–H groups in total. The third-order valence-corrected chi connectivity index (χ3v) is 12.5. The minimum Gasteiger partial charge on any atom is -0.232 e. The molecule has 0 spiro atoms. The summed E-state index contributed by atoms with van der Waals surface area (Å²) in [4.78, 5) is 21.7. The predicted molar refractivity (Wildman–Crippen MR) is 234 cm³/mol. The van der Waals surface area contributed by atoms with Crippen molar-refractivity contribution in [3.8, 4) is 0 Å². The first kappa shape index (κ1) is 33.8. The zero-order valence-corrected chi connectivity index (χ0v) is 34.1. The first-order chi connectivity index (χ1) is 26.5. The Hall–Kier alpha value is -5.53. The number of aliphatic imine (C=N–C) groups is 4. The molecule has 5 heterocycles. The Labute approximate surface area is 332 Å². The van der Waals surface area contributed by atoms with Crippen LogP contribution in [-0.2, 0) is 16.2 Å². The molecule has 0 aliphatic carbocycles. The van der Waals surface area contributed by atoms with Crippen molar-refractivity contribution in [3.63, 3.8) is 0 Å².